The fourth-order valence-corrected chi connectivity index (χ4v) is 2.77. The van der Waals surface area contributed by atoms with E-state index in [9.17, 15) is 0 Å². The van der Waals surface area contributed by atoms with Crippen molar-refractivity contribution in [1.29, 1.82) is 0 Å². The van der Waals surface area contributed by atoms with Gasteiger partial charge in [-0.05, 0) is 17.7 Å². The molecule has 5 heteroatoms. The average molecular weight is 342 g/mol. The van der Waals surface area contributed by atoms with Crippen LogP contribution >= 0.6 is 11.6 Å². The Morgan fingerprint density at radius 1 is 1.04 bits per heavy atom. The van der Waals surface area contributed by atoms with Crippen molar-refractivity contribution in [3.05, 3.63) is 82.6 Å². The SMILES string of the molecule is COc1ccccc1CNCc1cnn(Cc2ccccc2Cl)c1. The zero-order valence-corrected chi connectivity index (χ0v) is 14.3. The lowest BCUT2D eigenvalue weighted by atomic mass is 10.2. The van der Waals surface area contributed by atoms with E-state index in [1.165, 1.54) is 0 Å². The van der Waals surface area contributed by atoms with Crippen LogP contribution in [0.3, 0.4) is 0 Å². The summed E-state index contributed by atoms with van der Waals surface area (Å²) < 4.78 is 7.26. The first kappa shape index (κ1) is 16.6. The molecule has 24 heavy (non-hydrogen) atoms. The zero-order chi connectivity index (χ0) is 16.8. The van der Waals surface area contributed by atoms with E-state index in [1.54, 1.807) is 7.11 Å². The highest BCUT2D eigenvalue weighted by Crippen LogP contribution is 2.17. The van der Waals surface area contributed by atoms with Gasteiger partial charge in [0.25, 0.3) is 0 Å². The molecule has 4 nitrogen and oxygen atoms in total. The van der Waals surface area contributed by atoms with Crippen LogP contribution in [0.1, 0.15) is 16.7 Å². The molecule has 0 aliphatic heterocycles. The molecule has 0 unspecified atom stereocenters. The van der Waals surface area contributed by atoms with E-state index < -0.39 is 0 Å². The lowest BCUT2D eigenvalue weighted by Crippen LogP contribution is -2.13. The summed E-state index contributed by atoms with van der Waals surface area (Å²) in [5.74, 6) is 0.902. The molecule has 1 aromatic heterocycles. The average Bonchev–Trinajstić information content (AvgIpc) is 3.05. The van der Waals surface area contributed by atoms with E-state index >= 15 is 0 Å². The molecular formula is C19H20ClN3O. The van der Waals surface area contributed by atoms with Crippen LogP contribution in [-0.2, 0) is 19.6 Å². The second-order valence-electron chi connectivity index (χ2n) is 5.55. The smallest absolute Gasteiger partial charge is 0.123 e. The Morgan fingerprint density at radius 3 is 2.58 bits per heavy atom. The number of benzene rings is 2. The number of rotatable bonds is 7. The number of para-hydroxylation sites is 1. The van der Waals surface area contributed by atoms with Crippen LogP contribution < -0.4 is 10.1 Å². The van der Waals surface area contributed by atoms with Gasteiger partial charge in [-0.15, -0.1) is 0 Å². The zero-order valence-electron chi connectivity index (χ0n) is 13.6. The van der Waals surface area contributed by atoms with Crippen molar-refractivity contribution in [2.75, 3.05) is 7.11 Å². The quantitative estimate of drug-likeness (QED) is 0.708. The maximum absolute atomic E-state index is 6.20. The van der Waals surface area contributed by atoms with Gasteiger partial charge in [-0.25, -0.2) is 0 Å². The molecule has 3 aromatic rings. The number of nitrogens with zero attached hydrogens (tertiary/aromatic N) is 2. The molecule has 0 saturated carbocycles. The van der Waals surface area contributed by atoms with Gasteiger partial charge in [-0.2, -0.15) is 5.10 Å². The molecule has 0 aliphatic carbocycles. The Labute approximate surface area is 147 Å². The third-order valence-corrected chi connectivity index (χ3v) is 4.18. The highest BCUT2D eigenvalue weighted by Gasteiger charge is 2.04. The molecule has 0 atom stereocenters. The van der Waals surface area contributed by atoms with Crippen molar-refractivity contribution in [3.63, 3.8) is 0 Å². The van der Waals surface area contributed by atoms with Crippen molar-refractivity contribution >= 4 is 11.6 Å². The molecule has 2 aromatic carbocycles. The predicted molar refractivity (Wildman–Crippen MR) is 96.3 cm³/mol. The van der Waals surface area contributed by atoms with Crippen molar-refractivity contribution in [2.45, 2.75) is 19.6 Å². The minimum Gasteiger partial charge on any atom is -0.496 e. The van der Waals surface area contributed by atoms with Crippen molar-refractivity contribution in [3.8, 4) is 5.75 Å². The van der Waals surface area contributed by atoms with Gasteiger partial charge in [0.15, 0.2) is 0 Å². The molecule has 0 aliphatic rings. The van der Waals surface area contributed by atoms with Gasteiger partial charge >= 0.3 is 0 Å². The van der Waals surface area contributed by atoms with Crippen LogP contribution in [0.4, 0.5) is 0 Å². The largest absolute Gasteiger partial charge is 0.496 e. The molecule has 1 heterocycles. The summed E-state index contributed by atoms with van der Waals surface area (Å²) in [6, 6.07) is 15.9. The number of methoxy groups -OCH3 is 1. The summed E-state index contributed by atoms with van der Waals surface area (Å²) in [6.07, 6.45) is 3.92. The van der Waals surface area contributed by atoms with Crippen LogP contribution in [0.2, 0.25) is 5.02 Å². The maximum Gasteiger partial charge on any atom is 0.123 e. The minimum atomic E-state index is 0.673. The third-order valence-electron chi connectivity index (χ3n) is 3.81. The Balaban J connectivity index is 1.56. The van der Waals surface area contributed by atoms with Gasteiger partial charge in [0.2, 0.25) is 0 Å². The van der Waals surface area contributed by atoms with E-state index in [0.717, 1.165) is 40.6 Å². The molecule has 0 amide bonds. The van der Waals surface area contributed by atoms with E-state index in [4.69, 9.17) is 16.3 Å². The predicted octanol–water partition coefficient (Wildman–Crippen LogP) is 3.88. The number of halogens is 1. The van der Waals surface area contributed by atoms with Gasteiger partial charge in [0.05, 0.1) is 19.9 Å². The number of ether oxygens (including phenoxy) is 1. The molecule has 0 fully saturated rings. The Morgan fingerprint density at radius 2 is 1.79 bits per heavy atom. The Bertz CT molecular complexity index is 801. The summed E-state index contributed by atoms with van der Waals surface area (Å²) in [5.41, 5.74) is 3.34. The van der Waals surface area contributed by atoms with E-state index in [-0.39, 0.29) is 0 Å². The lowest BCUT2D eigenvalue weighted by molar-refractivity contribution is 0.407. The summed E-state index contributed by atoms with van der Waals surface area (Å²) in [4.78, 5) is 0. The number of aromatic nitrogens is 2. The van der Waals surface area contributed by atoms with Crippen LogP contribution in [0.5, 0.6) is 5.75 Å². The van der Waals surface area contributed by atoms with Crippen molar-refractivity contribution < 1.29 is 4.74 Å². The van der Waals surface area contributed by atoms with Crippen LogP contribution in [-0.4, -0.2) is 16.9 Å². The first-order chi connectivity index (χ1) is 11.8. The number of hydrogen-bond acceptors (Lipinski definition) is 3. The highest BCUT2D eigenvalue weighted by molar-refractivity contribution is 6.31. The molecule has 3 rings (SSSR count). The Hall–Kier alpha value is -2.30. The lowest BCUT2D eigenvalue weighted by Gasteiger charge is -2.08. The molecule has 0 saturated heterocycles. The molecule has 0 radical (unpaired) electrons. The number of nitrogens with one attached hydrogen (secondary N) is 1. The second kappa shape index (κ2) is 7.99. The molecular weight excluding hydrogens is 322 g/mol. The van der Waals surface area contributed by atoms with E-state index in [1.807, 2.05) is 59.5 Å². The fraction of sp³-hybridized carbons (Fsp3) is 0.211. The van der Waals surface area contributed by atoms with Gasteiger partial charge < -0.3 is 10.1 Å². The normalized spacial score (nSPS) is 10.8. The second-order valence-corrected chi connectivity index (χ2v) is 5.96. The van der Waals surface area contributed by atoms with Crippen LogP contribution in [0.25, 0.3) is 0 Å². The van der Waals surface area contributed by atoms with Crippen molar-refractivity contribution in [1.82, 2.24) is 15.1 Å². The topological polar surface area (TPSA) is 39.1 Å². The molecule has 1 N–H and O–H groups in total. The minimum absolute atomic E-state index is 0.673. The fourth-order valence-electron chi connectivity index (χ4n) is 2.58. The molecule has 0 spiro atoms. The Kier molecular flexibility index (Phi) is 5.51. The molecule has 124 valence electrons. The van der Waals surface area contributed by atoms with Crippen LogP contribution in [0, 0.1) is 0 Å². The number of hydrogen-bond donors (Lipinski definition) is 1. The van der Waals surface area contributed by atoms with E-state index in [2.05, 4.69) is 16.5 Å². The summed E-state index contributed by atoms with van der Waals surface area (Å²) in [7, 11) is 1.69. The van der Waals surface area contributed by atoms with Gasteiger partial charge in [0.1, 0.15) is 5.75 Å². The first-order valence-corrected chi connectivity index (χ1v) is 8.21. The third kappa shape index (κ3) is 4.16. The summed E-state index contributed by atoms with van der Waals surface area (Å²) >= 11 is 6.20. The maximum atomic E-state index is 6.20. The summed E-state index contributed by atoms with van der Waals surface area (Å²) in [6.45, 7) is 2.17. The summed E-state index contributed by atoms with van der Waals surface area (Å²) in [5, 5.41) is 8.59. The van der Waals surface area contributed by atoms with Gasteiger partial charge in [-0.1, -0.05) is 48.0 Å². The highest BCUT2D eigenvalue weighted by atomic mass is 35.5. The van der Waals surface area contributed by atoms with Gasteiger partial charge in [0, 0.05) is 35.4 Å². The monoisotopic (exact) mass is 341 g/mol. The van der Waals surface area contributed by atoms with Gasteiger partial charge in [-0.3, -0.25) is 4.68 Å². The van der Waals surface area contributed by atoms with Crippen LogP contribution in [0.15, 0.2) is 60.9 Å². The van der Waals surface area contributed by atoms with E-state index in [0.29, 0.717) is 6.54 Å². The first-order valence-electron chi connectivity index (χ1n) is 7.83. The standard InChI is InChI=1S/C19H20ClN3O/c1-24-19-9-5-3-6-16(19)12-21-10-15-11-22-23(13-15)14-17-7-2-4-8-18(17)20/h2-9,11,13,21H,10,12,14H2,1H3. The van der Waals surface area contributed by atoms with Crippen molar-refractivity contribution in [2.24, 2.45) is 0 Å². The molecule has 0 bridgehead atoms.